The lowest BCUT2D eigenvalue weighted by Gasteiger charge is -2.14. The van der Waals surface area contributed by atoms with Crippen molar-refractivity contribution in [3.05, 3.63) is 11.8 Å². The number of carbonyl (C=O) groups is 1. The van der Waals surface area contributed by atoms with Gasteiger partial charge in [0, 0.05) is 18.3 Å². The molecule has 1 rings (SSSR count). The van der Waals surface area contributed by atoms with Gasteiger partial charge < -0.3 is 15.4 Å². The van der Waals surface area contributed by atoms with Crippen LogP contribution in [-0.2, 0) is 4.79 Å². The van der Waals surface area contributed by atoms with Crippen LogP contribution < -0.4 is 15.4 Å². The third kappa shape index (κ3) is 5.11. The second kappa shape index (κ2) is 7.56. The van der Waals surface area contributed by atoms with Gasteiger partial charge in [-0.2, -0.15) is 4.98 Å². The van der Waals surface area contributed by atoms with E-state index in [0.29, 0.717) is 25.0 Å². The Morgan fingerprint density at radius 1 is 1.42 bits per heavy atom. The summed E-state index contributed by atoms with van der Waals surface area (Å²) in [4.78, 5) is 20.1. The van der Waals surface area contributed by atoms with Gasteiger partial charge in [0.2, 0.25) is 17.7 Å². The second-order valence-corrected chi connectivity index (χ2v) is 4.28. The first-order chi connectivity index (χ1) is 9.06. The van der Waals surface area contributed by atoms with Crippen LogP contribution in [0.2, 0.25) is 0 Å². The Kier molecular flexibility index (Phi) is 6.05. The van der Waals surface area contributed by atoms with Crippen LogP contribution in [0.1, 0.15) is 32.9 Å². The van der Waals surface area contributed by atoms with Crippen molar-refractivity contribution >= 4 is 11.9 Å². The zero-order chi connectivity index (χ0) is 14.3. The van der Waals surface area contributed by atoms with E-state index in [-0.39, 0.29) is 11.9 Å². The first-order valence-electron chi connectivity index (χ1n) is 6.59. The number of ether oxygens (including phenoxy) is 1. The Bertz CT molecular complexity index is 423. The molecule has 0 aromatic carbocycles. The van der Waals surface area contributed by atoms with Crippen LogP contribution in [0.25, 0.3) is 0 Å². The maximum absolute atomic E-state index is 11.6. The molecule has 0 aliphatic heterocycles. The van der Waals surface area contributed by atoms with E-state index >= 15 is 0 Å². The molecule has 0 spiro atoms. The highest BCUT2D eigenvalue weighted by Gasteiger charge is 2.13. The lowest BCUT2D eigenvalue weighted by atomic mass is 10.3. The molecule has 1 amide bonds. The van der Waals surface area contributed by atoms with Crippen molar-refractivity contribution in [3.8, 4) is 5.88 Å². The molecule has 1 atom stereocenters. The summed E-state index contributed by atoms with van der Waals surface area (Å²) in [6.45, 7) is 8.76. The zero-order valence-corrected chi connectivity index (χ0v) is 12.0. The number of aryl methyl sites for hydroxylation is 1. The van der Waals surface area contributed by atoms with E-state index in [2.05, 4.69) is 20.6 Å². The van der Waals surface area contributed by atoms with Gasteiger partial charge in [0.1, 0.15) is 6.04 Å². The molecule has 0 saturated heterocycles. The minimum absolute atomic E-state index is 0.0800. The third-order valence-corrected chi connectivity index (χ3v) is 2.37. The monoisotopic (exact) mass is 266 g/mol. The molecule has 106 valence electrons. The second-order valence-electron chi connectivity index (χ2n) is 4.28. The van der Waals surface area contributed by atoms with Crippen LogP contribution >= 0.6 is 0 Å². The van der Waals surface area contributed by atoms with Crippen molar-refractivity contribution < 1.29 is 9.53 Å². The highest BCUT2D eigenvalue weighted by Crippen LogP contribution is 2.12. The zero-order valence-electron chi connectivity index (χ0n) is 12.0. The first-order valence-corrected chi connectivity index (χ1v) is 6.59. The van der Waals surface area contributed by atoms with Crippen molar-refractivity contribution in [1.82, 2.24) is 15.3 Å². The van der Waals surface area contributed by atoms with E-state index < -0.39 is 0 Å². The smallest absolute Gasteiger partial charge is 0.242 e. The van der Waals surface area contributed by atoms with Crippen LogP contribution in [0.4, 0.5) is 5.95 Å². The van der Waals surface area contributed by atoms with Crippen LogP contribution in [0, 0.1) is 6.92 Å². The quantitative estimate of drug-likeness (QED) is 0.782. The number of carbonyl (C=O) groups excluding carboxylic acids is 1. The summed E-state index contributed by atoms with van der Waals surface area (Å²) in [6, 6.07) is 1.39. The van der Waals surface area contributed by atoms with E-state index in [9.17, 15) is 4.79 Å². The summed E-state index contributed by atoms with van der Waals surface area (Å²) in [5, 5.41) is 5.71. The molecule has 6 nitrogen and oxygen atoms in total. The van der Waals surface area contributed by atoms with E-state index in [4.69, 9.17) is 4.74 Å². The lowest BCUT2D eigenvalue weighted by Crippen LogP contribution is -2.37. The van der Waals surface area contributed by atoms with E-state index in [1.807, 2.05) is 20.8 Å². The summed E-state index contributed by atoms with van der Waals surface area (Å²) in [7, 11) is 0. The fraction of sp³-hybridized carbons (Fsp3) is 0.615. The number of likely N-dealkylation sites (N-methyl/N-ethyl adjacent to an activating group) is 1. The Balaban J connectivity index is 2.71. The molecular formula is C13H22N4O2. The fourth-order valence-electron chi connectivity index (χ4n) is 1.47. The lowest BCUT2D eigenvalue weighted by molar-refractivity contribution is -0.121. The van der Waals surface area contributed by atoms with E-state index in [1.165, 1.54) is 0 Å². The summed E-state index contributed by atoms with van der Waals surface area (Å²) < 4.78 is 5.47. The molecule has 0 aliphatic carbocycles. The van der Waals surface area contributed by atoms with Crippen molar-refractivity contribution in [2.24, 2.45) is 0 Å². The van der Waals surface area contributed by atoms with Gasteiger partial charge in [-0.3, -0.25) is 4.79 Å². The number of nitrogens with zero attached hydrogens (tertiary/aromatic N) is 2. The van der Waals surface area contributed by atoms with Gasteiger partial charge in [-0.25, -0.2) is 4.98 Å². The average Bonchev–Trinajstić information content (AvgIpc) is 2.36. The van der Waals surface area contributed by atoms with Crippen LogP contribution in [0.15, 0.2) is 6.07 Å². The number of nitrogens with one attached hydrogen (secondary N) is 2. The topological polar surface area (TPSA) is 76.1 Å². The highest BCUT2D eigenvalue weighted by atomic mass is 16.5. The number of rotatable bonds is 7. The van der Waals surface area contributed by atoms with Crippen LogP contribution in [-0.4, -0.2) is 35.1 Å². The van der Waals surface area contributed by atoms with Gasteiger partial charge in [-0.15, -0.1) is 0 Å². The average molecular weight is 266 g/mol. The Hall–Kier alpha value is -1.85. The summed E-state index contributed by atoms with van der Waals surface area (Å²) in [5.41, 5.74) is 0.798. The molecule has 1 aromatic heterocycles. The number of hydrogen-bond donors (Lipinski definition) is 2. The van der Waals surface area contributed by atoms with Crippen molar-refractivity contribution in [1.29, 1.82) is 0 Å². The van der Waals surface area contributed by atoms with Gasteiger partial charge >= 0.3 is 0 Å². The Morgan fingerprint density at radius 3 is 2.79 bits per heavy atom. The van der Waals surface area contributed by atoms with Crippen LogP contribution in [0.3, 0.4) is 0 Å². The van der Waals surface area contributed by atoms with E-state index in [0.717, 1.165) is 12.1 Å². The Morgan fingerprint density at radius 2 is 2.16 bits per heavy atom. The maximum Gasteiger partial charge on any atom is 0.242 e. The SMILES string of the molecule is CCCOc1cc(C)nc(NC(C)C(=O)NCC)n1. The minimum atomic E-state index is -0.388. The van der Waals surface area contributed by atoms with Gasteiger partial charge in [-0.05, 0) is 27.2 Å². The minimum Gasteiger partial charge on any atom is -0.478 e. The molecule has 0 fully saturated rings. The van der Waals surface area contributed by atoms with Crippen LogP contribution in [0.5, 0.6) is 5.88 Å². The van der Waals surface area contributed by atoms with Crippen molar-refractivity contribution in [3.63, 3.8) is 0 Å². The van der Waals surface area contributed by atoms with Gasteiger partial charge in [0.25, 0.3) is 0 Å². The molecule has 0 saturated carbocycles. The normalized spacial score (nSPS) is 11.8. The molecule has 0 bridgehead atoms. The summed E-state index contributed by atoms with van der Waals surface area (Å²) >= 11 is 0. The maximum atomic E-state index is 11.6. The summed E-state index contributed by atoms with van der Waals surface area (Å²) in [5.74, 6) is 0.855. The number of anilines is 1. The molecule has 19 heavy (non-hydrogen) atoms. The van der Waals surface area contributed by atoms with Gasteiger partial charge in [-0.1, -0.05) is 6.92 Å². The molecule has 1 aromatic rings. The molecule has 2 N–H and O–H groups in total. The molecule has 6 heteroatoms. The number of aromatic nitrogens is 2. The van der Waals surface area contributed by atoms with E-state index in [1.54, 1.807) is 13.0 Å². The molecule has 1 heterocycles. The van der Waals surface area contributed by atoms with Crippen molar-refractivity contribution in [2.45, 2.75) is 40.2 Å². The summed E-state index contributed by atoms with van der Waals surface area (Å²) in [6.07, 6.45) is 0.918. The molecule has 0 aliphatic rings. The third-order valence-electron chi connectivity index (χ3n) is 2.37. The largest absolute Gasteiger partial charge is 0.478 e. The molecule has 1 unspecified atom stereocenters. The molecular weight excluding hydrogens is 244 g/mol. The van der Waals surface area contributed by atoms with Crippen molar-refractivity contribution in [2.75, 3.05) is 18.5 Å². The standard InChI is InChI=1S/C13H22N4O2/c1-5-7-19-11-8-9(3)15-13(17-11)16-10(4)12(18)14-6-2/h8,10H,5-7H2,1-4H3,(H,14,18)(H,15,16,17). The predicted octanol–water partition coefficient (Wildman–Crippen LogP) is 1.51. The van der Waals surface area contributed by atoms with Gasteiger partial charge in [0.15, 0.2) is 0 Å². The van der Waals surface area contributed by atoms with Gasteiger partial charge in [0.05, 0.1) is 6.61 Å². The number of amides is 1. The molecule has 0 radical (unpaired) electrons. The fourth-order valence-corrected chi connectivity index (χ4v) is 1.47. The number of hydrogen-bond acceptors (Lipinski definition) is 5. The Labute approximate surface area is 114 Å². The first kappa shape index (κ1) is 15.2. The predicted molar refractivity (Wildman–Crippen MR) is 74.3 cm³/mol. The highest BCUT2D eigenvalue weighted by molar-refractivity contribution is 5.83.